The van der Waals surface area contributed by atoms with Crippen LogP contribution < -0.4 is 0 Å². The van der Waals surface area contributed by atoms with Gasteiger partial charge < -0.3 is 5.11 Å². The number of hydrogen-bond donors (Lipinski definition) is 1. The van der Waals surface area contributed by atoms with E-state index >= 15 is 0 Å². The molecule has 0 unspecified atom stereocenters. The van der Waals surface area contributed by atoms with E-state index in [1.807, 2.05) is 18.2 Å². The monoisotopic (exact) mass is 190 g/mol. The largest absolute Gasteiger partial charge is 0.481 e. The van der Waals surface area contributed by atoms with Gasteiger partial charge in [-0.15, -0.1) is 0 Å². The molecule has 0 heterocycles. The van der Waals surface area contributed by atoms with Crippen molar-refractivity contribution < 1.29 is 9.90 Å². The Morgan fingerprint density at radius 3 is 2.79 bits per heavy atom. The molecule has 0 atom stereocenters. The highest BCUT2D eigenvalue weighted by Gasteiger charge is 2.19. The van der Waals surface area contributed by atoms with E-state index < -0.39 is 5.97 Å². The molecule has 2 nitrogen and oxygen atoms in total. The zero-order chi connectivity index (χ0) is 9.97. The van der Waals surface area contributed by atoms with E-state index in [-0.39, 0.29) is 6.42 Å². The Kier molecular flexibility index (Phi) is 2.53. The van der Waals surface area contributed by atoms with Crippen LogP contribution in [0.4, 0.5) is 0 Å². The molecule has 0 radical (unpaired) electrons. The molecule has 1 fully saturated rings. The molecule has 2 rings (SSSR count). The fraction of sp³-hybridized carbons (Fsp3) is 0.417. The quantitative estimate of drug-likeness (QED) is 0.795. The second-order valence-corrected chi connectivity index (χ2v) is 3.94. The van der Waals surface area contributed by atoms with Crippen LogP contribution in [0.15, 0.2) is 24.3 Å². The van der Waals surface area contributed by atoms with Gasteiger partial charge >= 0.3 is 5.97 Å². The van der Waals surface area contributed by atoms with Crippen molar-refractivity contribution in [3.63, 3.8) is 0 Å². The van der Waals surface area contributed by atoms with Gasteiger partial charge in [-0.1, -0.05) is 30.7 Å². The Hall–Kier alpha value is -1.31. The third kappa shape index (κ3) is 1.95. The van der Waals surface area contributed by atoms with E-state index in [1.165, 1.54) is 24.8 Å². The highest BCUT2D eigenvalue weighted by molar-refractivity contribution is 5.70. The van der Waals surface area contributed by atoms with Crippen molar-refractivity contribution >= 4 is 5.97 Å². The lowest BCUT2D eigenvalue weighted by Gasteiger charge is -2.26. The van der Waals surface area contributed by atoms with Crippen LogP contribution >= 0.6 is 0 Å². The molecule has 1 aromatic carbocycles. The first-order chi connectivity index (χ1) is 6.75. The van der Waals surface area contributed by atoms with E-state index in [4.69, 9.17) is 5.11 Å². The molecule has 1 N–H and O–H groups in total. The Bertz CT molecular complexity index is 340. The van der Waals surface area contributed by atoms with Gasteiger partial charge in [-0.2, -0.15) is 0 Å². The average Bonchev–Trinajstić information content (AvgIpc) is 1.99. The van der Waals surface area contributed by atoms with E-state index in [2.05, 4.69) is 6.07 Å². The molecule has 74 valence electrons. The fourth-order valence-corrected chi connectivity index (χ4v) is 1.87. The van der Waals surface area contributed by atoms with Crippen molar-refractivity contribution in [2.24, 2.45) is 0 Å². The standard InChI is InChI=1S/C12H14O2/c13-12(14)8-9-3-1-6-11(7-9)10-4-2-5-10/h1,3,6-7,10H,2,4-5,8H2,(H,13,14). The van der Waals surface area contributed by atoms with E-state index in [0.717, 1.165) is 5.56 Å². The summed E-state index contributed by atoms with van der Waals surface area (Å²) in [5.74, 6) is -0.0699. The molecule has 1 saturated carbocycles. The van der Waals surface area contributed by atoms with Crippen molar-refractivity contribution in [1.29, 1.82) is 0 Å². The number of aliphatic carboxylic acids is 1. The summed E-state index contributed by atoms with van der Waals surface area (Å²) in [7, 11) is 0. The average molecular weight is 190 g/mol. The predicted molar refractivity (Wildman–Crippen MR) is 54.4 cm³/mol. The van der Waals surface area contributed by atoms with Gasteiger partial charge in [-0.3, -0.25) is 4.79 Å². The maximum Gasteiger partial charge on any atom is 0.307 e. The summed E-state index contributed by atoms with van der Waals surface area (Å²) in [5.41, 5.74) is 2.23. The van der Waals surface area contributed by atoms with Crippen LogP contribution in [0.1, 0.15) is 36.3 Å². The van der Waals surface area contributed by atoms with Gasteiger partial charge in [0.1, 0.15) is 0 Å². The third-order valence-corrected chi connectivity index (χ3v) is 2.88. The van der Waals surface area contributed by atoms with Gasteiger partial charge in [0.25, 0.3) is 0 Å². The Morgan fingerprint density at radius 1 is 1.43 bits per heavy atom. The van der Waals surface area contributed by atoms with Crippen molar-refractivity contribution in [3.05, 3.63) is 35.4 Å². The van der Waals surface area contributed by atoms with Crippen LogP contribution in [-0.4, -0.2) is 11.1 Å². The summed E-state index contributed by atoms with van der Waals surface area (Å²) >= 11 is 0. The molecular formula is C12H14O2. The van der Waals surface area contributed by atoms with Gasteiger partial charge in [0.15, 0.2) is 0 Å². The predicted octanol–water partition coefficient (Wildman–Crippen LogP) is 2.58. The molecule has 0 aromatic heterocycles. The summed E-state index contributed by atoms with van der Waals surface area (Å²) in [6, 6.07) is 8.00. The summed E-state index contributed by atoms with van der Waals surface area (Å²) in [6.07, 6.45) is 3.97. The van der Waals surface area contributed by atoms with Gasteiger partial charge in [-0.25, -0.2) is 0 Å². The summed E-state index contributed by atoms with van der Waals surface area (Å²) in [6.45, 7) is 0. The van der Waals surface area contributed by atoms with Crippen molar-refractivity contribution in [2.75, 3.05) is 0 Å². The van der Waals surface area contributed by atoms with Crippen LogP contribution in [0.2, 0.25) is 0 Å². The molecule has 0 saturated heterocycles. The van der Waals surface area contributed by atoms with E-state index in [1.54, 1.807) is 0 Å². The number of benzene rings is 1. The van der Waals surface area contributed by atoms with Gasteiger partial charge in [-0.05, 0) is 29.9 Å². The molecular weight excluding hydrogens is 176 g/mol. The van der Waals surface area contributed by atoms with Gasteiger partial charge in [0, 0.05) is 0 Å². The number of carboxylic acids is 1. The summed E-state index contributed by atoms with van der Waals surface area (Å²) in [5, 5.41) is 8.67. The first kappa shape index (κ1) is 9.25. The lowest BCUT2D eigenvalue weighted by molar-refractivity contribution is -0.136. The van der Waals surface area contributed by atoms with E-state index in [9.17, 15) is 4.79 Å². The first-order valence-electron chi connectivity index (χ1n) is 5.06. The second-order valence-electron chi connectivity index (χ2n) is 3.94. The highest BCUT2D eigenvalue weighted by Crippen LogP contribution is 2.36. The van der Waals surface area contributed by atoms with Crippen LogP contribution in [0.5, 0.6) is 0 Å². The van der Waals surface area contributed by atoms with Crippen LogP contribution in [0.3, 0.4) is 0 Å². The number of rotatable bonds is 3. The molecule has 1 aromatic rings. The second kappa shape index (κ2) is 3.82. The molecule has 0 spiro atoms. The summed E-state index contributed by atoms with van der Waals surface area (Å²) < 4.78 is 0. The van der Waals surface area contributed by atoms with Crippen molar-refractivity contribution in [1.82, 2.24) is 0 Å². The Morgan fingerprint density at radius 2 is 2.21 bits per heavy atom. The van der Waals surface area contributed by atoms with E-state index in [0.29, 0.717) is 5.92 Å². The zero-order valence-electron chi connectivity index (χ0n) is 8.07. The molecule has 1 aliphatic carbocycles. The maximum absolute atomic E-state index is 10.5. The molecule has 0 aliphatic heterocycles. The normalized spacial score (nSPS) is 16.3. The topological polar surface area (TPSA) is 37.3 Å². The minimum Gasteiger partial charge on any atom is -0.481 e. The smallest absolute Gasteiger partial charge is 0.307 e. The van der Waals surface area contributed by atoms with Crippen LogP contribution in [0, 0.1) is 0 Å². The highest BCUT2D eigenvalue weighted by atomic mass is 16.4. The summed E-state index contributed by atoms with van der Waals surface area (Å²) in [4.78, 5) is 10.5. The van der Waals surface area contributed by atoms with Gasteiger partial charge in [0.05, 0.1) is 6.42 Å². The minimum atomic E-state index is -0.754. The molecule has 0 bridgehead atoms. The van der Waals surface area contributed by atoms with Crippen LogP contribution in [-0.2, 0) is 11.2 Å². The maximum atomic E-state index is 10.5. The molecule has 1 aliphatic rings. The molecule has 2 heteroatoms. The zero-order valence-corrected chi connectivity index (χ0v) is 8.07. The molecule has 14 heavy (non-hydrogen) atoms. The third-order valence-electron chi connectivity index (χ3n) is 2.88. The minimum absolute atomic E-state index is 0.139. The Labute approximate surface area is 83.6 Å². The fourth-order valence-electron chi connectivity index (χ4n) is 1.87. The van der Waals surface area contributed by atoms with Crippen molar-refractivity contribution in [2.45, 2.75) is 31.6 Å². The number of carbonyl (C=O) groups is 1. The SMILES string of the molecule is O=C(O)Cc1cccc(C2CCC2)c1. The van der Waals surface area contributed by atoms with Crippen LogP contribution in [0.25, 0.3) is 0 Å². The lowest BCUT2D eigenvalue weighted by Crippen LogP contribution is -2.09. The number of carboxylic acid groups (broad SMARTS) is 1. The van der Waals surface area contributed by atoms with Gasteiger partial charge in [0.2, 0.25) is 0 Å². The Balaban J connectivity index is 2.13. The molecule has 0 amide bonds. The first-order valence-corrected chi connectivity index (χ1v) is 5.06. The number of hydrogen-bond acceptors (Lipinski definition) is 1. The lowest BCUT2D eigenvalue weighted by atomic mass is 9.79. The van der Waals surface area contributed by atoms with Crippen molar-refractivity contribution in [3.8, 4) is 0 Å².